The van der Waals surface area contributed by atoms with Gasteiger partial charge in [0.05, 0.1) is 12.2 Å². The molecule has 0 N–H and O–H groups in total. The number of fused-ring (bicyclic) bond motifs is 2. The lowest BCUT2D eigenvalue weighted by Crippen LogP contribution is -2.33. The van der Waals surface area contributed by atoms with Gasteiger partial charge in [-0.1, -0.05) is 29.8 Å². The first-order chi connectivity index (χ1) is 13.2. The summed E-state index contributed by atoms with van der Waals surface area (Å²) in [7, 11) is 2.07. The molecule has 0 aliphatic carbocycles. The van der Waals surface area contributed by atoms with E-state index in [4.69, 9.17) is 16.6 Å². The molecule has 4 aromatic rings. The van der Waals surface area contributed by atoms with Gasteiger partial charge < -0.3 is 9.47 Å². The fourth-order valence-electron chi connectivity index (χ4n) is 3.65. The Kier molecular flexibility index (Phi) is 3.76. The number of rotatable bonds is 2. The maximum Gasteiger partial charge on any atom is 0.141 e. The molecule has 132 valence electrons. The van der Waals surface area contributed by atoms with Gasteiger partial charge in [-0.25, -0.2) is 4.99 Å². The number of aromatic nitrogens is 1. The van der Waals surface area contributed by atoms with Crippen molar-refractivity contribution in [3.05, 3.63) is 95.1 Å². The predicted octanol–water partition coefficient (Wildman–Crippen LogP) is 5.93. The highest BCUT2D eigenvalue weighted by Crippen LogP contribution is 2.32. The van der Waals surface area contributed by atoms with Crippen LogP contribution in [0.4, 0.5) is 11.4 Å². The first kappa shape index (κ1) is 16.2. The molecule has 4 heteroatoms. The summed E-state index contributed by atoms with van der Waals surface area (Å²) < 4.78 is 2.13. The van der Waals surface area contributed by atoms with Gasteiger partial charge in [-0.2, -0.15) is 0 Å². The second-order valence-corrected chi connectivity index (χ2v) is 7.26. The summed E-state index contributed by atoms with van der Waals surface area (Å²) in [4.78, 5) is 7.27. The molecular formula is C23H18ClN3. The van der Waals surface area contributed by atoms with E-state index in [0.29, 0.717) is 0 Å². The minimum atomic E-state index is 0.736. The molecule has 3 aromatic carbocycles. The number of nitrogens with zero attached hydrogens (tertiary/aromatic N) is 3. The van der Waals surface area contributed by atoms with Crippen LogP contribution in [0.5, 0.6) is 0 Å². The zero-order valence-corrected chi connectivity index (χ0v) is 15.7. The quantitative estimate of drug-likeness (QED) is 0.427. The van der Waals surface area contributed by atoms with E-state index in [0.717, 1.165) is 34.3 Å². The van der Waals surface area contributed by atoms with Gasteiger partial charge in [-0.15, -0.1) is 0 Å². The molecule has 1 aliphatic rings. The third-order valence-corrected chi connectivity index (χ3v) is 5.34. The van der Waals surface area contributed by atoms with E-state index in [9.17, 15) is 0 Å². The van der Waals surface area contributed by atoms with E-state index in [1.165, 1.54) is 16.5 Å². The number of para-hydroxylation sites is 1. The summed E-state index contributed by atoms with van der Waals surface area (Å²) in [5.74, 6) is 0.960. The maximum absolute atomic E-state index is 6.10. The van der Waals surface area contributed by atoms with Crippen molar-refractivity contribution in [3.8, 4) is 0 Å². The third kappa shape index (κ3) is 2.81. The lowest BCUT2D eigenvalue weighted by Gasteiger charge is -2.31. The van der Waals surface area contributed by atoms with Crippen molar-refractivity contribution in [1.82, 2.24) is 4.57 Å². The Morgan fingerprint density at radius 2 is 1.74 bits per heavy atom. The lowest BCUT2D eigenvalue weighted by molar-refractivity contribution is 0.968. The van der Waals surface area contributed by atoms with E-state index in [1.54, 1.807) is 0 Å². The van der Waals surface area contributed by atoms with Crippen LogP contribution < -0.4 is 4.90 Å². The molecule has 1 aromatic heterocycles. The molecule has 0 amide bonds. The Hall–Kier alpha value is -3.04. The van der Waals surface area contributed by atoms with Crippen LogP contribution in [-0.4, -0.2) is 10.4 Å². The van der Waals surface area contributed by atoms with Crippen molar-refractivity contribution in [1.29, 1.82) is 0 Å². The zero-order valence-electron chi connectivity index (χ0n) is 14.9. The lowest BCUT2D eigenvalue weighted by atomic mass is 10.1. The molecule has 0 radical (unpaired) electrons. The number of aliphatic imine (C=N–C) groups is 1. The minimum Gasteiger partial charge on any atom is -0.351 e. The van der Waals surface area contributed by atoms with E-state index in [-0.39, 0.29) is 0 Å². The first-order valence-corrected chi connectivity index (χ1v) is 9.32. The second-order valence-electron chi connectivity index (χ2n) is 6.83. The van der Waals surface area contributed by atoms with Gasteiger partial charge in [-0.05, 0) is 60.2 Å². The molecule has 0 saturated heterocycles. The average molecular weight is 372 g/mol. The minimum absolute atomic E-state index is 0.736. The largest absolute Gasteiger partial charge is 0.351 e. The van der Waals surface area contributed by atoms with Gasteiger partial charge in [-0.3, -0.25) is 0 Å². The van der Waals surface area contributed by atoms with Gasteiger partial charge in [0.1, 0.15) is 5.84 Å². The van der Waals surface area contributed by atoms with Crippen LogP contribution in [0.25, 0.3) is 10.9 Å². The molecule has 0 unspecified atom stereocenters. The van der Waals surface area contributed by atoms with Crippen LogP contribution in [0, 0.1) is 0 Å². The van der Waals surface area contributed by atoms with Crippen LogP contribution in [0.2, 0.25) is 5.02 Å². The van der Waals surface area contributed by atoms with Crippen molar-refractivity contribution in [2.45, 2.75) is 6.54 Å². The molecule has 2 heterocycles. The van der Waals surface area contributed by atoms with Crippen LogP contribution in [0.15, 0.2) is 84.0 Å². The highest BCUT2D eigenvalue weighted by atomic mass is 35.5. The number of halogens is 1. The van der Waals surface area contributed by atoms with Gasteiger partial charge >= 0.3 is 0 Å². The Morgan fingerprint density at radius 3 is 2.59 bits per heavy atom. The number of amidine groups is 1. The molecular weight excluding hydrogens is 354 g/mol. The summed E-state index contributed by atoms with van der Waals surface area (Å²) in [6, 6.07) is 24.9. The van der Waals surface area contributed by atoms with Crippen LogP contribution in [-0.2, 0) is 13.6 Å². The predicted molar refractivity (Wildman–Crippen MR) is 113 cm³/mol. The fraction of sp³-hybridized carbons (Fsp3) is 0.0870. The topological polar surface area (TPSA) is 20.5 Å². The maximum atomic E-state index is 6.10. The number of hydrogen-bond acceptors (Lipinski definition) is 2. The average Bonchev–Trinajstić information content (AvgIpc) is 3.08. The smallest absolute Gasteiger partial charge is 0.141 e. The van der Waals surface area contributed by atoms with Crippen molar-refractivity contribution < 1.29 is 0 Å². The molecule has 5 rings (SSSR count). The van der Waals surface area contributed by atoms with Crippen LogP contribution in [0.1, 0.15) is 11.1 Å². The van der Waals surface area contributed by atoms with E-state index < -0.39 is 0 Å². The Balaban J connectivity index is 1.68. The van der Waals surface area contributed by atoms with Crippen molar-refractivity contribution >= 4 is 39.7 Å². The number of anilines is 1. The molecule has 27 heavy (non-hydrogen) atoms. The number of benzene rings is 3. The molecule has 0 fully saturated rings. The van der Waals surface area contributed by atoms with E-state index >= 15 is 0 Å². The Labute approximate surface area is 163 Å². The Morgan fingerprint density at radius 1 is 0.926 bits per heavy atom. The normalized spacial score (nSPS) is 13.6. The van der Waals surface area contributed by atoms with E-state index in [1.807, 2.05) is 30.3 Å². The molecule has 1 aliphatic heterocycles. The summed E-state index contributed by atoms with van der Waals surface area (Å²) in [5, 5.41) is 1.95. The van der Waals surface area contributed by atoms with Crippen molar-refractivity contribution in [2.24, 2.45) is 12.0 Å². The van der Waals surface area contributed by atoms with Gasteiger partial charge in [0.25, 0.3) is 0 Å². The highest BCUT2D eigenvalue weighted by molar-refractivity contribution is 6.30. The molecule has 0 bridgehead atoms. The van der Waals surface area contributed by atoms with Gasteiger partial charge in [0, 0.05) is 40.4 Å². The summed E-state index contributed by atoms with van der Waals surface area (Å²) in [5.41, 5.74) is 5.66. The van der Waals surface area contributed by atoms with E-state index in [2.05, 4.69) is 65.2 Å². The van der Waals surface area contributed by atoms with Crippen LogP contribution >= 0.6 is 11.6 Å². The molecule has 0 atom stereocenters. The SMILES string of the molecule is Cn1ccc2cc(C3=Nc4ccccc4CN3c3ccc(Cl)cc3)ccc21. The monoisotopic (exact) mass is 371 g/mol. The number of aryl methyl sites for hydroxylation is 1. The van der Waals surface area contributed by atoms with Gasteiger partial charge in [0.15, 0.2) is 0 Å². The first-order valence-electron chi connectivity index (χ1n) is 8.94. The fourth-order valence-corrected chi connectivity index (χ4v) is 3.77. The second kappa shape index (κ2) is 6.29. The summed E-state index contributed by atoms with van der Waals surface area (Å²) >= 11 is 6.10. The van der Waals surface area contributed by atoms with Crippen molar-refractivity contribution in [2.75, 3.05) is 4.90 Å². The molecule has 3 nitrogen and oxygen atoms in total. The molecule has 0 saturated carbocycles. The standard InChI is InChI=1S/C23H18ClN3/c1-26-13-12-16-14-17(6-11-22(16)26)23-25-21-5-3-2-4-18(21)15-27(23)20-9-7-19(24)8-10-20/h2-14H,15H2,1H3. The molecule has 0 spiro atoms. The third-order valence-electron chi connectivity index (χ3n) is 5.08. The van der Waals surface area contributed by atoms with Crippen molar-refractivity contribution in [3.63, 3.8) is 0 Å². The highest BCUT2D eigenvalue weighted by Gasteiger charge is 2.22. The summed E-state index contributed by atoms with van der Waals surface area (Å²) in [6.45, 7) is 0.781. The van der Waals surface area contributed by atoms with Gasteiger partial charge in [0.2, 0.25) is 0 Å². The summed E-state index contributed by atoms with van der Waals surface area (Å²) in [6.07, 6.45) is 2.09. The Bertz CT molecular complexity index is 1170. The zero-order chi connectivity index (χ0) is 18.4. The number of hydrogen-bond donors (Lipinski definition) is 0. The van der Waals surface area contributed by atoms with Crippen LogP contribution in [0.3, 0.4) is 0 Å².